The molecule has 2 aromatic carbocycles. The number of non-ortho nitro benzene ring substituents is 1. The van der Waals surface area contributed by atoms with Crippen molar-refractivity contribution in [3.63, 3.8) is 0 Å². The fraction of sp³-hybridized carbons (Fsp3) is 0.0667. The molecule has 0 amide bonds. The Morgan fingerprint density at radius 1 is 1.23 bits per heavy atom. The topological polar surface area (TPSA) is 73.8 Å². The first-order chi connectivity index (χ1) is 10.6. The van der Waals surface area contributed by atoms with E-state index in [2.05, 4.69) is 10.1 Å². The van der Waals surface area contributed by atoms with Crippen LogP contribution in [0.15, 0.2) is 48.8 Å². The number of nitro benzene ring substituents is 1. The van der Waals surface area contributed by atoms with Gasteiger partial charge < -0.3 is 0 Å². The van der Waals surface area contributed by atoms with Crippen LogP contribution in [-0.2, 0) is 0 Å². The summed E-state index contributed by atoms with van der Waals surface area (Å²) in [7, 11) is 0. The normalized spacial score (nSPS) is 10.6. The molecule has 1 aromatic heterocycles. The minimum absolute atomic E-state index is 0.00914. The van der Waals surface area contributed by atoms with E-state index in [9.17, 15) is 10.1 Å². The number of rotatable bonds is 3. The molecule has 3 rings (SSSR count). The molecule has 110 valence electrons. The lowest BCUT2D eigenvalue weighted by Crippen LogP contribution is -2.02. The molecule has 0 fully saturated rings. The summed E-state index contributed by atoms with van der Waals surface area (Å²) in [5, 5.41) is 15.8. The molecule has 0 spiro atoms. The first-order valence-corrected chi connectivity index (χ1v) is 6.86. The highest BCUT2D eigenvalue weighted by Crippen LogP contribution is 2.27. The molecule has 0 N–H and O–H groups in total. The molecule has 3 aromatic rings. The third kappa shape index (κ3) is 2.44. The number of hydrogen-bond donors (Lipinski definition) is 0. The van der Waals surface area contributed by atoms with Crippen molar-refractivity contribution < 1.29 is 4.92 Å². The SMILES string of the molecule is Cc1c(Cl)cccc1-n1ncnc1-c1cccc([N+](=O)[O-])c1. The van der Waals surface area contributed by atoms with Crippen LogP contribution >= 0.6 is 11.6 Å². The zero-order valence-electron chi connectivity index (χ0n) is 11.6. The summed E-state index contributed by atoms with van der Waals surface area (Å²) in [4.78, 5) is 14.7. The van der Waals surface area contributed by atoms with Crippen LogP contribution < -0.4 is 0 Å². The molecule has 0 atom stereocenters. The number of aromatic nitrogens is 3. The maximum Gasteiger partial charge on any atom is 0.270 e. The lowest BCUT2D eigenvalue weighted by molar-refractivity contribution is -0.384. The number of halogens is 1. The molecular weight excluding hydrogens is 304 g/mol. The Hall–Kier alpha value is -2.73. The van der Waals surface area contributed by atoms with Gasteiger partial charge in [0, 0.05) is 22.7 Å². The van der Waals surface area contributed by atoms with E-state index in [1.54, 1.807) is 22.9 Å². The second-order valence-corrected chi connectivity index (χ2v) is 5.09. The van der Waals surface area contributed by atoms with Gasteiger partial charge in [-0.2, -0.15) is 5.10 Å². The molecule has 1 heterocycles. The van der Waals surface area contributed by atoms with Gasteiger partial charge in [0.05, 0.1) is 10.6 Å². The molecule has 0 aliphatic heterocycles. The summed E-state index contributed by atoms with van der Waals surface area (Å²) in [6.45, 7) is 1.89. The van der Waals surface area contributed by atoms with E-state index in [4.69, 9.17) is 11.6 Å². The first-order valence-electron chi connectivity index (χ1n) is 6.48. The Morgan fingerprint density at radius 3 is 2.77 bits per heavy atom. The molecule has 0 aliphatic carbocycles. The molecule has 0 unspecified atom stereocenters. The van der Waals surface area contributed by atoms with Gasteiger partial charge in [0.2, 0.25) is 0 Å². The molecule has 22 heavy (non-hydrogen) atoms. The van der Waals surface area contributed by atoms with Gasteiger partial charge in [-0.1, -0.05) is 29.8 Å². The van der Waals surface area contributed by atoms with Gasteiger partial charge in [-0.15, -0.1) is 0 Å². The average Bonchev–Trinajstić information content (AvgIpc) is 2.99. The van der Waals surface area contributed by atoms with Gasteiger partial charge in [0.25, 0.3) is 5.69 Å². The average molecular weight is 315 g/mol. The number of hydrogen-bond acceptors (Lipinski definition) is 4. The second kappa shape index (κ2) is 5.57. The first kappa shape index (κ1) is 14.2. The Bertz CT molecular complexity index is 860. The fourth-order valence-corrected chi connectivity index (χ4v) is 2.37. The van der Waals surface area contributed by atoms with E-state index >= 15 is 0 Å². The van der Waals surface area contributed by atoms with Gasteiger partial charge in [-0.05, 0) is 24.6 Å². The minimum Gasteiger partial charge on any atom is -0.258 e. The van der Waals surface area contributed by atoms with Crippen LogP contribution in [0.2, 0.25) is 5.02 Å². The van der Waals surface area contributed by atoms with Gasteiger partial charge in [0.1, 0.15) is 6.33 Å². The molecule has 6 nitrogen and oxygen atoms in total. The standard InChI is InChI=1S/C15H11ClN4O2/c1-10-13(16)6-3-7-14(10)19-15(17-9-18-19)11-4-2-5-12(8-11)20(21)22/h2-9H,1H3. The minimum atomic E-state index is -0.436. The monoisotopic (exact) mass is 314 g/mol. The van der Waals surface area contributed by atoms with E-state index in [-0.39, 0.29) is 5.69 Å². The molecule has 7 heteroatoms. The third-order valence-corrected chi connectivity index (χ3v) is 3.74. The lowest BCUT2D eigenvalue weighted by atomic mass is 10.1. The zero-order chi connectivity index (χ0) is 15.7. The molecule has 0 saturated carbocycles. The molecule has 0 radical (unpaired) electrons. The van der Waals surface area contributed by atoms with Crippen LogP contribution in [0.4, 0.5) is 5.69 Å². The summed E-state index contributed by atoms with van der Waals surface area (Å²) in [6, 6.07) is 11.8. The van der Waals surface area contributed by atoms with E-state index in [0.717, 1.165) is 11.3 Å². The van der Waals surface area contributed by atoms with Crippen LogP contribution in [0.5, 0.6) is 0 Å². The summed E-state index contributed by atoms with van der Waals surface area (Å²) in [5.74, 6) is 0.522. The van der Waals surface area contributed by atoms with Crippen molar-refractivity contribution in [3.05, 3.63) is 69.5 Å². The van der Waals surface area contributed by atoms with Crippen molar-refractivity contribution in [1.82, 2.24) is 14.8 Å². The Balaban J connectivity index is 2.15. The van der Waals surface area contributed by atoms with Gasteiger partial charge in [-0.3, -0.25) is 10.1 Å². The lowest BCUT2D eigenvalue weighted by Gasteiger charge is -2.10. The largest absolute Gasteiger partial charge is 0.270 e. The van der Waals surface area contributed by atoms with E-state index < -0.39 is 4.92 Å². The van der Waals surface area contributed by atoms with Crippen molar-refractivity contribution in [1.29, 1.82) is 0 Å². The fourth-order valence-electron chi connectivity index (χ4n) is 2.20. The van der Waals surface area contributed by atoms with Crippen molar-refractivity contribution >= 4 is 17.3 Å². The van der Waals surface area contributed by atoms with E-state index in [1.165, 1.54) is 18.5 Å². The quantitative estimate of drug-likeness (QED) is 0.544. The molecule has 0 saturated heterocycles. The van der Waals surface area contributed by atoms with Crippen LogP contribution in [0.3, 0.4) is 0 Å². The van der Waals surface area contributed by atoms with Crippen LogP contribution in [0.25, 0.3) is 17.1 Å². The number of benzene rings is 2. The van der Waals surface area contributed by atoms with E-state index in [0.29, 0.717) is 16.4 Å². The predicted molar refractivity (Wildman–Crippen MR) is 83.2 cm³/mol. The van der Waals surface area contributed by atoms with Crippen molar-refractivity contribution in [2.75, 3.05) is 0 Å². The smallest absolute Gasteiger partial charge is 0.258 e. The maximum atomic E-state index is 10.9. The van der Waals surface area contributed by atoms with Crippen LogP contribution in [-0.4, -0.2) is 19.7 Å². The number of nitro groups is 1. The van der Waals surface area contributed by atoms with Gasteiger partial charge in [-0.25, -0.2) is 9.67 Å². The van der Waals surface area contributed by atoms with Crippen LogP contribution in [0, 0.1) is 17.0 Å². The second-order valence-electron chi connectivity index (χ2n) is 4.69. The Kier molecular flexibility index (Phi) is 3.60. The predicted octanol–water partition coefficient (Wildman–Crippen LogP) is 3.80. The van der Waals surface area contributed by atoms with Crippen molar-refractivity contribution in [3.8, 4) is 17.1 Å². The molecule has 0 aliphatic rings. The van der Waals surface area contributed by atoms with E-state index in [1.807, 2.05) is 19.1 Å². The summed E-state index contributed by atoms with van der Waals surface area (Å²) >= 11 is 6.15. The summed E-state index contributed by atoms with van der Waals surface area (Å²) in [5.41, 5.74) is 2.27. The summed E-state index contributed by atoms with van der Waals surface area (Å²) in [6.07, 6.45) is 1.41. The van der Waals surface area contributed by atoms with Gasteiger partial charge in [0.15, 0.2) is 5.82 Å². The Labute approximate surface area is 131 Å². The third-order valence-electron chi connectivity index (χ3n) is 3.33. The van der Waals surface area contributed by atoms with Crippen molar-refractivity contribution in [2.45, 2.75) is 6.92 Å². The van der Waals surface area contributed by atoms with Gasteiger partial charge >= 0.3 is 0 Å². The highest BCUT2D eigenvalue weighted by atomic mass is 35.5. The van der Waals surface area contributed by atoms with Crippen molar-refractivity contribution in [2.24, 2.45) is 0 Å². The van der Waals surface area contributed by atoms with Crippen LogP contribution in [0.1, 0.15) is 5.56 Å². The highest BCUT2D eigenvalue weighted by molar-refractivity contribution is 6.31. The summed E-state index contributed by atoms with van der Waals surface area (Å²) < 4.78 is 1.63. The zero-order valence-corrected chi connectivity index (χ0v) is 12.4. The highest BCUT2D eigenvalue weighted by Gasteiger charge is 2.15. The maximum absolute atomic E-state index is 10.9. The molecule has 0 bridgehead atoms. The number of nitrogens with zero attached hydrogens (tertiary/aromatic N) is 4. The molecular formula is C15H11ClN4O2. The Morgan fingerprint density at radius 2 is 2.00 bits per heavy atom.